The number of anilines is 1. The predicted octanol–water partition coefficient (Wildman–Crippen LogP) is 2.87. The fourth-order valence-corrected chi connectivity index (χ4v) is 2.85. The second kappa shape index (κ2) is 7.69. The van der Waals surface area contributed by atoms with Crippen LogP contribution >= 0.6 is 11.3 Å². The highest BCUT2D eigenvalue weighted by Crippen LogP contribution is 2.25. The molecule has 24 heavy (non-hydrogen) atoms. The summed E-state index contributed by atoms with van der Waals surface area (Å²) in [5.74, 6) is -3.97. The molecule has 1 atom stereocenters. The number of hydrogen-bond acceptors (Lipinski definition) is 5. The molecule has 6 nitrogen and oxygen atoms in total. The second-order valence-electron chi connectivity index (χ2n) is 4.85. The number of benzene rings is 1. The fraction of sp³-hybridized carbons (Fsp3) is 0.188. The van der Waals surface area contributed by atoms with Gasteiger partial charge in [-0.2, -0.15) is 0 Å². The van der Waals surface area contributed by atoms with E-state index in [0.29, 0.717) is 5.56 Å². The maximum Gasteiger partial charge on any atom is 0.350 e. The molecule has 126 valence electrons. The number of esters is 1. The summed E-state index contributed by atoms with van der Waals surface area (Å²) in [7, 11) is 1.22. The van der Waals surface area contributed by atoms with Crippen molar-refractivity contribution < 1.29 is 28.6 Å². The van der Waals surface area contributed by atoms with E-state index < -0.39 is 29.6 Å². The molecular formula is C16H14FNO5S. The van der Waals surface area contributed by atoms with Crippen molar-refractivity contribution >= 4 is 34.9 Å². The normalized spacial score (nSPS) is 11.6. The Morgan fingerprint density at radius 2 is 1.92 bits per heavy atom. The van der Waals surface area contributed by atoms with Crippen LogP contribution in [0.15, 0.2) is 35.7 Å². The zero-order valence-corrected chi connectivity index (χ0v) is 13.4. The van der Waals surface area contributed by atoms with Crippen LogP contribution in [-0.4, -0.2) is 30.1 Å². The van der Waals surface area contributed by atoms with Gasteiger partial charge in [0.1, 0.15) is 10.7 Å². The minimum atomic E-state index is -1.20. The Morgan fingerprint density at radius 3 is 2.50 bits per heavy atom. The van der Waals surface area contributed by atoms with Gasteiger partial charge in [-0.1, -0.05) is 12.1 Å². The molecule has 0 saturated heterocycles. The molecule has 0 radical (unpaired) electrons. The standard InChI is InChI=1S/C16H14FNO5S/c1-23-16(22)14-12(6-7-24-14)18-13(19)8-11(15(20)21)9-2-4-10(17)5-3-9/h2-7,11H,8H2,1H3,(H,18,19)(H,20,21). The largest absolute Gasteiger partial charge is 0.481 e. The maximum atomic E-state index is 13.0. The number of halogens is 1. The first-order valence-electron chi connectivity index (χ1n) is 6.86. The molecule has 0 spiro atoms. The fourth-order valence-electron chi connectivity index (χ4n) is 2.09. The summed E-state index contributed by atoms with van der Waals surface area (Å²) >= 11 is 1.10. The molecule has 1 unspecified atom stereocenters. The number of nitrogens with one attached hydrogen (secondary N) is 1. The lowest BCUT2D eigenvalue weighted by Crippen LogP contribution is -2.21. The van der Waals surface area contributed by atoms with E-state index in [9.17, 15) is 23.9 Å². The molecule has 8 heteroatoms. The van der Waals surface area contributed by atoms with E-state index in [1.807, 2.05) is 0 Å². The van der Waals surface area contributed by atoms with Gasteiger partial charge in [0.05, 0.1) is 18.7 Å². The summed E-state index contributed by atoms with van der Waals surface area (Å²) in [6.45, 7) is 0. The summed E-state index contributed by atoms with van der Waals surface area (Å²) in [4.78, 5) is 35.3. The predicted molar refractivity (Wildman–Crippen MR) is 85.7 cm³/mol. The number of rotatable bonds is 6. The smallest absolute Gasteiger partial charge is 0.350 e. The monoisotopic (exact) mass is 351 g/mol. The molecule has 1 aromatic carbocycles. The zero-order valence-electron chi connectivity index (χ0n) is 12.6. The SMILES string of the molecule is COC(=O)c1sccc1NC(=O)CC(C(=O)O)c1ccc(F)cc1. The zero-order chi connectivity index (χ0) is 17.7. The molecule has 2 aromatic rings. The van der Waals surface area contributed by atoms with Crippen molar-refractivity contribution in [2.24, 2.45) is 0 Å². The van der Waals surface area contributed by atoms with Crippen molar-refractivity contribution in [2.45, 2.75) is 12.3 Å². The number of methoxy groups -OCH3 is 1. The van der Waals surface area contributed by atoms with Crippen LogP contribution in [0.4, 0.5) is 10.1 Å². The molecule has 0 bridgehead atoms. The third-order valence-electron chi connectivity index (χ3n) is 3.27. The van der Waals surface area contributed by atoms with E-state index in [4.69, 9.17) is 0 Å². The Labute approximate surface area is 140 Å². The van der Waals surface area contributed by atoms with E-state index in [1.54, 1.807) is 5.38 Å². The van der Waals surface area contributed by atoms with Crippen molar-refractivity contribution in [3.63, 3.8) is 0 Å². The number of thiophene rings is 1. The van der Waals surface area contributed by atoms with E-state index in [0.717, 1.165) is 23.5 Å². The average molecular weight is 351 g/mol. The number of carboxylic acid groups (broad SMARTS) is 1. The van der Waals surface area contributed by atoms with Crippen LogP contribution in [0.3, 0.4) is 0 Å². The van der Waals surface area contributed by atoms with Gasteiger partial charge in [0.25, 0.3) is 0 Å². The summed E-state index contributed by atoms with van der Waals surface area (Å²) in [5, 5.41) is 13.4. The van der Waals surface area contributed by atoms with Gasteiger partial charge < -0.3 is 15.2 Å². The van der Waals surface area contributed by atoms with Gasteiger partial charge in [0.2, 0.25) is 5.91 Å². The first-order chi connectivity index (χ1) is 11.4. The Hall–Kier alpha value is -2.74. The van der Waals surface area contributed by atoms with Crippen molar-refractivity contribution in [1.29, 1.82) is 0 Å². The van der Waals surface area contributed by atoms with Crippen molar-refractivity contribution in [3.05, 3.63) is 52.0 Å². The Kier molecular flexibility index (Phi) is 5.64. The molecule has 0 fully saturated rings. The third kappa shape index (κ3) is 4.17. The topological polar surface area (TPSA) is 92.7 Å². The molecule has 0 saturated carbocycles. The molecule has 0 aliphatic carbocycles. The number of aliphatic carboxylic acids is 1. The van der Waals surface area contributed by atoms with Crippen molar-refractivity contribution in [1.82, 2.24) is 0 Å². The van der Waals surface area contributed by atoms with E-state index in [-0.39, 0.29) is 17.0 Å². The van der Waals surface area contributed by atoms with Gasteiger partial charge in [-0.15, -0.1) is 11.3 Å². The van der Waals surface area contributed by atoms with Gasteiger partial charge in [-0.05, 0) is 29.1 Å². The van der Waals surface area contributed by atoms with E-state index in [2.05, 4.69) is 10.1 Å². The van der Waals surface area contributed by atoms with Crippen LogP contribution in [0.5, 0.6) is 0 Å². The quantitative estimate of drug-likeness (QED) is 0.781. The summed E-state index contributed by atoms with van der Waals surface area (Å²) in [6, 6.07) is 6.45. The first-order valence-corrected chi connectivity index (χ1v) is 7.74. The maximum absolute atomic E-state index is 13.0. The van der Waals surface area contributed by atoms with E-state index in [1.165, 1.54) is 25.3 Å². The number of carbonyl (C=O) groups excluding carboxylic acids is 2. The molecule has 2 N–H and O–H groups in total. The summed E-state index contributed by atoms with van der Waals surface area (Å²) < 4.78 is 17.6. The lowest BCUT2D eigenvalue weighted by molar-refractivity contribution is -0.140. The molecule has 0 aliphatic heterocycles. The molecule has 1 heterocycles. The van der Waals surface area contributed by atoms with Crippen molar-refractivity contribution in [2.75, 3.05) is 12.4 Å². The number of hydrogen-bond donors (Lipinski definition) is 2. The lowest BCUT2D eigenvalue weighted by Gasteiger charge is -2.13. The highest BCUT2D eigenvalue weighted by molar-refractivity contribution is 7.12. The summed E-state index contributed by atoms with van der Waals surface area (Å²) in [6.07, 6.45) is -0.350. The number of carboxylic acids is 1. The lowest BCUT2D eigenvalue weighted by atomic mass is 9.95. The summed E-state index contributed by atoms with van der Waals surface area (Å²) in [5.41, 5.74) is 0.581. The number of amides is 1. The average Bonchev–Trinajstić information content (AvgIpc) is 3.00. The third-order valence-corrected chi connectivity index (χ3v) is 4.16. The minimum Gasteiger partial charge on any atom is -0.481 e. The van der Waals surface area contributed by atoms with Crippen LogP contribution in [0.1, 0.15) is 27.6 Å². The van der Waals surface area contributed by atoms with Gasteiger partial charge in [-0.25, -0.2) is 9.18 Å². The Balaban J connectivity index is 2.12. The van der Waals surface area contributed by atoms with Crippen LogP contribution < -0.4 is 5.32 Å². The Bertz CT molecular complexity index is 756. The van der Waals surface area contributed by atoms with Gasteiger partial charge in [0, 0.05) is 6.42 Å². The first kappa shape index (κ1) is 17.6. The number of carbonyl (C=O) groups is 3. The van der Waals surface area contributed by atoms with Crippen LogP contribution in [0, 0.1) is 5.82 Å². The second-order valence-corrected chi connectivity index (χ2v) is 5.77. The highest BCUT2D eigenvalue weighted by atomic mass is 32.1. The minimum absolute atomic E-state index is 0.222. The molecular weight excluding hydrogens is 337 g/mol. The van der Waals surface area contributed by atoms with Gasteiger partial charge >= 0.3 is 11.9 Å². The van der Waals surface area contributed by atoms with Crippen LogP contribution in [0.25, 0.3) is 0 Å². The highest BCUT2D eigenvalue weighted by Gasteiger charge is 2.24. The van der Waals surface area contributed by atoms with Gasteiger partial charge in [0.15, 0.2) is 0 Å². The Morgan fingerprint density at radius 1 is 1.25 bits per heavy atom. The van der Waals surface area contributed by atoms with Gasteiger partial charge in [-0.3, -0.25) is 9.59 Å². The van der Waals surface area contributed by atoms with Crippen LogP contribution in [0.2, 0.25) is 0 Å². The molecule has 1 aromatic heterocycles. The molecule has 1 amide bonds. The van der Waals surface area contributed by atoms with Crippen LogP contribution in [-0.2, 0) is 14.3 Å². The van der Waals surface area contributed by atoms with Crippen molar-refractivity contribution in [3.8, 4) is 0 Å². The molecule has 2 rings (SSSR count). The van der Waals surface area contributed by atoms with E-state index >= 15 is 0 Å². The number of ether oxygens (including phenoxy) is 1. The molecule has 0 aliphatic rings.